The Kier molecular flexibility index (Phi) is 3.32. The number of nitrogens with one attached hydrogen (secondary N) is 1. The zero-order chi connectivity index (χ0) is 12.5. The minimum absolute atomic E-state index is 0.248. The summed E-state index contributed by atoms with van der Waals surface area (Å²) in [5.74, 6) is 0. The molecule has 16 heavy (non-hydrogen) atoms. The Morgan fingerprint density at radius 1 is 1.38 bits per heavy atom. The number of hydrogen-bond donors (Lipinski definition) is 2. The number of alkyl halides is 5. The highest BCUT2D eigenvalue weighted by molar-refractivity contribution is 5.26. The normalized spacial score (nSPS) is 12.2. The van der Waals surface area contributed by atoms with Crippen molar-refractivity contribution in [2.75, 3.05) is 0 Å². The minimum atomic E-state index is -5.05. The van der Waals surface area contributed by atoms with Crippen LogP contribution in [-0.2, 0) is 12.7 Å². The van der Waals surface area contributed by atoms with Gasteiger partial charge in [0.1, 0.15) is 5.69 Å². The van der Waals surface area contributed by atoms with Crippen LogP contribution in [0.15, 0.2) is 10.9 Å². The van der Waals surface area contributed by atoms with E-state index in [0.29, 0.717) is 6.07 Å². The summed E-state index contributed by atoms with van der Waals surface area (Å²) < 4.78 is 61.7. The lowest BCUT2D eigenvalue weighted by Crippen LogP contribution is -2.23. The Labute approximate surface area is 86.1 Å². The predicted octanol–water partition coefficient (Wildman–Crippen LogP) is 1.79. The van der Waals surface area contributed by atoms with Crippen LogP contribution in [0.25, 0.3) is 0 Å². The first kappa shape index (κ1) is 12.6. The summed E-state index contributed by atoms with van der Waals surface area (Å²) in [6.45, 7) is -0.373. The first-order valence-corrected chi connectivity index (χ1v) is 4.09. The van der Waals surface area contributed by atoms with E-state index in [1.807, 2.05) is 0 Å². The van der Waals surface area contributed by atoms with E-state index in [2.05, 4.69) is 0 Å². The molecule has 0 bridgehead atoms. The number of H-pyrrole nitrogens is 1. The molecule has 0 spiro atoms. The van der Waals surface area contributed by atoms with Gasteiger partial charge in [0.05, 0.1) is 5.56 Å². The fourth-order valence-corrected chi connectivity index (χ4v) is 1.17. The largest absolute Gasteiger partial charge is 0.431 e. The Balaban J connectivity index is 3.54. The van der Waals surface area contributed by atoms with Crippen LogP contribution >= 0.6 is 0 Å². The molecule has 0 aromatic carbocycles. The van der Waals surface area contributed by atoms with Gasteiger partial charge in [0.2, 0.25) is 0 Å². The molecule has 0 unspecified atom stereocenters. The van der Waals surface area contributed by atoms with Crippen LogP contribution in [0.2, 0.25) is 0 Å². The summed E-state index contributed by atoms with van der Waals surface area (Å²) in [5, 5.41) is 0. The molecule has 1 aromatic heterocycles. The Morgan fingerprint density at radius 2 is 1.94 bits per heavy atom. The summed E-state index contributed by atoms with van der Waals surface area (Å²) in [5.41, 5.74) is 0.0908. The third kappa shape index (κ3) is 2.38. The van der Waals surface area contributed by atoms with Gasteiger partial charge in [0.15, 0.2) is 5.43 Å². The summed E-state index contributed by atoms with van der Waals surface area (Å²) in [6, 6.07) is 0.636. The van der Waals surface area contributed by atoms with E-state index in [1.54, 1.807) is 4.98 Å². The fourth-order valence-electron chi connectivity index (χ4n) is 1.17. The topological polar surface area (TPSA) is 58.9 Å². The molecule has 8 heteroatoms. The third-order valence-corrected chi connectivity index (χ3v) is 1.85. The number of aromatic amines is 1. The monoisotopic (exact) mass is 242 g/mol. The van der Waals surface area contributed by atoms with Crippen LogP contribution in [0.3, 0.4) is 0 Å². The number of aromatic nitrogens is 1. The molecule has 1 rings (SSSR count). The van der Waals surface area contributed by atoms with Gasteiger partial charge in [-0.2, -0.15) is 13.2 Å². The summed E-state index contributed by atoms with van der Waals surface area (Å²) in [7, 11) is 0. The molecule has 0 radical (unpaired) electrons. The predicted molar refractivity (Wildman–Crippen MR) is 44.9 cm³/mol. The molecule has 0 aliphatic heterocycles. The standard InChI is InChI=1S/C8H7F5N2O/c9-7(10)5-4(16)1-3(2-14)15-6(5)8(11,12)13/h1,7H,2,14H2,(H,15,16). The molecular weight excluding hydrogens is 235 g/mol. The van der Waals surface area contributed by atoms with Crippen molar-refractivity contribution in [1.29, 1.82) is 0 Å². The molecule has 3 N–H and O–H groups in total. The van der Waals surface area contributed by atoms with Crippen LogP contribution < -0.4 is 11.2 Å². The van der Waals surface area contributed by atoms with Crippen molar-refractivity contribution in [2.24, 2.45) is 5.73 Å². The van der Waals surface area contributed by atoms with Crippen LogP contribution in [0.4, 0.5) is 22.0 Å². The minimum Gasteiger partial charge on any atom is -0.353 e. The Hall–Kier alpha value is -1.44. The third-order valence-electron chi connectivity index (χ3n) is 1.85. The van der Waals surface area contributed by atoms with Crippen molar-refractivity contribution in [3.8, 4) is 0 Å². The zero-order valence-corrected chi connectivity index (χ0v) is 7.74. The maximum absolute atomic E-state index is 12.4. The van der Waals surface area contributed by atoms with Gasteiger partial charge in [0.25, 0.3) is 6.43 Å². The second-order valence-electron chi connectivity index (χ2n) is 2.95. The lowest BCUT2D eigenvalue weighted by atomic mass is 10.1. The highest BCUT2D eigenvalue weighted by atomic mass is 19.4. The van der Waals surface area contributed by atoms with E-state index in [0.717, 1.165) is 0 Å². The molecule has 1 heterocycles. The highest BCUT2D eigenvalue weighted by Gasteiger charge is 2.38. The molecule has 0 aliphatic rings. The molecule has 0 atom stereocenters. The van der Waals surface area contributed by atoms with Crippen molar-refractivity contribution >= 4 is 0 Å². The van der Waals surface area contributed by atoms with Gasteiger partial charge in [-0.05, 0) is 0 Å². The number of halogens is 5. The van der Waals surface area contributed by atoms with Gasteiger partial charge in [-0.1, -0.05) is 0 Å². The molecule has 0 fully saturated rings. The van der Waals surface area contributed by atoms with E-state index in [1.165, 1.54) is 0 Å². The van der Waals surface area contributed by atoms with Gasteiger partial charge in [0, 0.05) is 18.3 Å². The molecule has 1 aromatic rings. The quantitative estimate of drug-likeness (QED) is 0.777. The average molecular weight is 242 g/mol. The molecule has 90 valence electrons. The highest BCUT2D eigenvalue weighted by Crippen LogP contribution is 2.33. The number of rotatable bonds is 2. The summed E-state index contributed by atoms with van der Waals surface area (Å²) >= 11 is 0. The van der Waals surface area contributed by atoms with E-state index in [9.17, 15) is 26.7 Å². The maximum Gasteiger partial charge on any atom is 0.431 e. The van der Waals surface area contributed by atoms with Gasteiger partial charge >= 0.3 is 6.18 Å². The van der Waals surface area contributed by atoms with Crippen LogP contribution in [0, 0.1) is 0 Å². The molecule has 0 saturated heterocycles. The van der Waals surface area contributed by atoms with E-state index < -0.39 is 29.3 Å². The first-order valence-electron chi connectivity index (χ1n) is 4.09. The van der Waals surface area contributed by atoms with Crippen LogP contribution in [0.5, 0.6) is 0 Å². The first-order chi connectivity index (χ1) is 7.27. The van der Waals surface area contributed by atoms with Gasteiger partial charge < -0.3 is 10.7 Å². The summed E-state index contributed by atoms with van der Waals surface area (Å²) in [4.78, 5) is 12.7. The fraction of sp³-hybridized carbons (Fsp3) is 0.375. The maximum atomic E-state index is 12.4. The Morgan fingerprint density at radius 3 is 2.31 bits per heavy atom. The van der Waals surface area contributed by atoms with Gasteiger partial charge in [-0.3, -0.25) is 4.79 Å². The molecule has 0 saturated carbocycles. The van der Waals surface area contributed by atoms with E-state index in [-0.39, 0.29) is 12.2 Å². The van der Waals surface area contributed by atoms with Crippen molar-refractivity contribution in [3.63, 3.8) is 0 Å². The Bertz CT molecular complexity index is 437. The molecule has 0 amide bonds. The average Bonchev–Trinajstić information content (AvgIpc) is 2.14. The SMILES string of the molecule is NCc1cc(=O)c(C(F)F)c(C(F)(F)F)[nH]1. The van der Waals surface area contributed by atoms with Crippen LogP contribution in [0.1, 0.15) is 23.4 Å². The van der Waals surface area contributed by atoms with Crippen LogP contribution in [-0.4, -0.2) is 4.98 Å². The second kappa shape index (κ2) is 4.20. The van der Waals surface area contributed by atoms with Crippen molar-refractivity contribution in [3.05, 3.63) is 33.2 Å². The van der Waals surface area contributed by atoms with E-state index in [4.69, 9.17) is 5.73 Å². The molecule has 0 aliphatic carbocycles. The lowest BCUT2D eigenvalue weighted by Gasteiger charge is -2.13. The van der Waals surface area contributed by atoms with Gasteiger partial charge in [-0.15, -0.1) is 0 Å². The number of nitrogens with two attached hydrogens (primary N) is 1. The van der Waals surface area contributed by atoms with Crippen molar-refractivity contribution in [2.45, 2.75) is 19.1 Å². The van der Waals surface area contributed by atoms with Gasteiger partial charge in [-0.25, -0.2) is 8.78 Å². The second-order valence-corrected chi connectivity index (χ2v) is 2.95. The smallest absolute Gasteiger partial charge is 0.353 e. The number of pyridine rings is 1. The number of hydrogen-bond acceptors (Lipinski definition) is 2. The molecule has 3 nitrogen and oxygen atoms in total. The van der Waals surface area contributed by atoms with E-state index >= 15 is 0 Å². The zero-order valence-electron chi connectivity index (χ0n) is 7.74. The molecular formula is C8H7F5N2O. The summed E-state index contributed by atoms with van der Waals surface area (Å²) in [6.07, 6.45) is -8.54. The lowest BCUT2D eigenvalue weighted by molar-refractivity contribution is -0.143. The van der Waals surface area contributed by atoms with Crippen molar-refractivity contribution in [1.82, 2.24) is 4.98 Å². The van der Waals surface area contributed by atoms with Crippen molar-refractivity contribution < 1.29 is 22.0 Å².